The highest BCUT2D eigenvalue weighted by molar-refractivity contribution is 9.10. The summed E-state index contributed by atoms with van der Waals surface area (Å²) in [5, 5.41) is 12.8. The average molecular weight is 310 g/mol. The van der Waals surface area contributed by atoms with Crippen LogP contribution in [-0.4, -0.2) is 5.11 Å². The summed E-state index contributed by atoms with van der Waals surface area (Å²) in [5.41, 5.74) is 1.96. The van der Waals surface area contributed by atoms with Crippen molar-refractivity contribution in [2.24, 2.45) is 0 Å². The largest absolute Gasteiger partial charge is 0.507 e. The standard InChI is InChI=1S/C14H13BrFNO/c1-9-3-2-4-10(14(9)18)8-17-13-7-11(15)5-6-12(13)16/h2-7,17-18H,8H2,1H3. The Morgan fingerprint density at radius 1 is 1.28 bits per heavy atom. The molecule has 0 bridgehead atoms. The van der Waals surface area contributed by atoms with Gasteiger partial charge in [-0.3, -0.25) is 0 Å². The van der Waals surface area contributed by atoms with E-state index in [0.29, 0.717) is 12.2 Å². The summed E-state index contributed by atoms with van der Waals surface area (Å²) in [5.74, 6) is -0.0641. The smallest absolute Gasteiger partial charge is 0.146 e. The predicted molar refractivity (Wildman–Crippen MR) is 74.3 cm³/mol. The van der Waals surface area contributed by atoms with Gasteiger partial charge in [-0.15, -0.1) is 0 Å². The second kappa shape index (κ2) is 5.40. The van der Waals surface area contributed by atoms with Crippen LogP contribution in [0.25, 0.3) is 0 Å². The molecule has 0 saturated heterocycles. The van der Waals surface area contributed by atoms with Gasteiger partial charge in [0, 0.05) is 16.6 Å². The minimum absolute atomic E-state index is 0.250. The highest BCUT2D eigenvalue weighted by atomic mass is 79.9. The van der Waals surface area contributed by atoms with Crippen molar-refractivity contribution in [3.63, 3.8) is 0 Å². The van der Waals surface area contributed by atoms with Crippen molar-refractivity contribution >= 4 is 21.6 Å². The lowest BCUT2D eigenvalue weighted by atomic mass is 10.1. The summed E-state index contributed by atoms with van der Waals surface area (Å²) in [6.45, 7) is 2.21. The summed E-state index contributed by atoms with van der Waals surface area (Å²) in [6, 6.07) is 10.2. The van der Waals surface area contributed by atoms with E-state index in [1.54, 1.807) is 12.1 Å². The number of benzene rings is 2. The fourth-order valence-electron chi connectivity index (χ4n) is 1.69. The number of hydrogen-bond acceptors (Lipinski definition) is 2. The van der Waals surface area contributed by atoms with Gasteiger partial charge >= 0.3 is 0 Å². The van der Waals surface area contributed by atoms with Crippen molar-refractivity contribution in [2.75, 3.05) is 5.32 Å². The third-order valence-corrected chi connectivity index (χ3v) is 3.21. The Labute approximate surface area is 114 Å². The van der Waals surface area contributed by atoms with Gasteiger partial charge in [0.25, 0.3) is 0 Å². The lowest BCUT2D eigenvalue weighted by Crippen LogP contribution is -2.02. The molecule has 0 aliphatic heterocycles. The zero-order valence-corrected chi connectivity index (χ0v) is 11.5. The molecule has 0 atom stereocenters. The monoisotopic (exact) mass is 309 g/mol. The Kier molecular flexibility index (Phi) is 3.87. The second-order valence-electron chi connectivity index (χ2n) is 4.06. The van der Waals surface area contributed by atoms with Crippen molar-refractivity contribution in [1.82, 2.24) is 0 Å². The molecule has 0 aliphatic rings. The van der Waals surface area contributed by atoms with Crippen LogP contribution in [0.2, 0.25) is 0 Å². The first-order valence-electron chi connectivity index (χ1n) is 5.54. The van der Waals surface area contributed by atoms with E-state index in [1.165, 1.54) is 6.07 Å². The number of hydrogen-bond donors (Lipinski definition) is 2. The number of rotatable bonds is 3. The molecular weight excluding hydrogens is 297 g/mol. The predicted octanol–water partition coefficient (Wildman–Crippen LogP) is 4.21. The normalized spacial score (nSPS) is 10.4. The van der Waals surface area contributed by atoms with Crippen LogP contribution in [-0.2, 0) is 6.54 Å². The molecular formula is C14H13BrFNO. The minimum Gasteiger partial charge on any atom is -0.507 e. The summed E-state index contributed by atoms with van der Waals surface area (Å²) in [7, 11) is 0. The molecule has 2 aromatic rings. The molecule has 4 heteroatoms. The molecule has 0 saturated carbocycles. The van der Waals surface area contributed by atoms with E-state index in [4.69, 9.17) is 0 Å². The lowest BCUT2D eigenvalue weighted by molar-refractivity contribution is 0.465. The van der Waals surface area contributed by atoms with Gasteiger partial charge in [0.15, 0.2) is 0 Å². The lowest BCUT2D eigenvalue weighted by Gasteiger charge is -2.10. The van der Waals surface area contributed by atoms with Crippen molar-refractivity contribution < 1.29 is 9.50 Å². The van der Waals surface area contributed by atoms with E-state index in [1.807, 2.05) is 25.1 Å². The molecule has 0 spiro atoms. The Morgan fingerprint density at radius 2 is 2.06 bits per heavy atom. The molecule has 2 N–H and O–H groups in total. The summed E-state index contributed by atoms with van der Waals surface area (Å²) in [6.07, 6.45) is 0. The van der Waals surface area contributed by atoms with Crippen LogP contribution in [0, 0.1) is 12.7 Å². The summed E-state index contributed by atoms with van der Waals surface area (Å²) in [4.78, 5) is 0. The van der Waals surface area contributed by atoms with Gasteiger partial charge in [0.1, 0.15) is 11.6 Å². The van der Waals surface area contributed by atoms with Crippen molar-refractivity contribution in [1.29, 1.82) is 0 Å². The Morgan fingerprint density at radius 3 is 2.83 bits per heavy atom. The van der Waals surface area contributed by atoms with E-state index in [0.717, 1.165) is 15.6 Å². The topological polar surface area (TPSA) is 32.3 Å². The number of nitrogens with one attached hydrogen (secondary N) is 1. The summed E-state index contributed by atoms with van der Waals surface area (Å²) < 4.78 is 14.3. The van der Waals surface area contributed by atoms with Crippen LogP contribution >= 0.6 is 15.9 Å². The molecule has 0 aliphatic carbocycles. The second-order valence-corrected chi connectivity index (χ2v) is 4.98. The van der Waals surface area contributed by atoms with Crippen molar-refractivity contribution in [3.05, 3.63) is 57.8 Å². The number of para-hydroxylation sites is 1. The maximum Gasteiger partial charge on any atom is 0.146 e. The van der Waals surface area contributed by atoms with Gasteiger partial charge in [-0.1, -0.05) is 34.1 Å². The van der Waals surface area contributed by atoms with Gasteiger partial charge in [0.05, 0.1) is 5.69 Å². The first kappa shape index (κ1) is 12.9. The highest BCUT2D eigenvalue weighted by Gasteiger charge is 2.06. The van der Waals surface area contributed by atoms with Gasteiger partial charge in [0.2, 0.25) is 0 Å². The zero-order valence-electron chi connectivity index (χ0n) is 9.87. The summed E-state index contributed by atoms with van der Waals surface area (Å²) >= 11 is 3.29. The highest BCUT2D eigenvalue weighted by Crippen LogP contribution is 2.24. The average Bonchev–Trinajstić information content (AvgIpc) is 2.35. The van der Waals surface area contributed by atoms with Crippen LogP contribution in [0.1, 0.15) is 11.1 Å². The van der Waals surface area contributed by atoms with Crippen LogP contribution in [0.5, 0.6) is 5.75 Å². The van der Waals surface area contributed by atoms with Crippen LogP contribution in [0.4, 0.5) is 10.1 Å². The Bertz CT molecular complexity index is 570. The first-order chi connectivity index (χ1) is 8.58. The zero-order chi connectivity index (χ0) is 13.1. The van der Waals surface area contributed by atoms with Crippen molar-refractivity contribution in [3.8, 4) is 5.75 Å². The SMILES string of the molecule is Cc1cccc(CNc2cc(Br)ccc2F)c1O. The molecule has 0 heterocycles. The van der Waals surface area contributed by atoms with Gasteiger partial charge in [-0.2, -0.15) is 0 Å². The number of halogens is 2. The van der Waals surface area contributed by atoms with Gasteiger partial charge in [-0.05, 0) is 30.7 Å². The van der Waals surface area contributed by atoms with Crippen LogP contribution in [0.15, 0.2) is 40.9 Å². The van der Waals surface area contributed by atoms with E-state index in [-0.39, 0.29) is 11.6 Å². The molecule has 18 heavy (non-hydrogen) atoms. The molecule has 0 radical (unpaired) electrons. The molecule has 0 fully saturated rings. The number of aromatic hydroxyl groups is 1. The minimum atomic E-state index is -0.314. The van der Waals surface area contributed by atoms with Crippen LogP contribution < -0.4 is 5.32 Å². The quantitative estimate of drug-likeness (QED) is 0.890. The fraction of sp³-hybridized carbons (Fsp3) is 0.143. The third kappa shape index (κ3) is 2.82. The third-order valence-electron chi connectivity index (χ3n) is 2.72. The van der Waals surface area contributed by atoms with Gasteiger partial charge < -0.3 is 10.4 Å². The molecule has 2 nitrogen and oxygen atoms in total. The van der Waals surface area contributed by atoms with E-state index < -0.39 is 0 Å². The molecule has 0 unspecified atom stereocenters. The molecule has 2 rings (SSSR count). The number of phenolic OH excluding ortho intramolecular Hbond substituents is 1. The van der Waals surface area contributed by atoms with E-state index in [9.17, 15) is 9.50 Å². The van der Waals surface area contributed by atoms with Gasteiger partial charge in [-0.25, -0.2) is 4.39 Å². The first-order valence-corrected chi connectivity index (χ1v) is 6.33. The van der Waals surface area contributed by atoms with E-state index in [2.05, 4.69) is 21.2 Å². The van der Waals surface area contributed by atoms with E-state index >= 15 is 0 Å². The Balaban J connectivity index is 2.16. The maximum absolute atomic E-state index is 13.5. The molecule has 0 amide bonds. The van der Waals surface area contributed by atoms with Crippen LogP contribution in [0.3, 0.4) is 0 Å². The fourth-order valence-corrected chi connectivity index (χ4v) is 2.05. The molecule has 94 valence electrons. The van der Waals surface area contributed by atoms with Crippen molar-refractivity contribution in [2.45, 2.75) is 13.5 Å². The number of phenols is 1. The maximum atomic E-state index is 13.5. The molecule has 0 aromatic heterocycles. The molecule has 2 aromatic carbocycles. The Hall–Kier alpha value is -1.55. The number of anilines is 1. The number of aryl methyl sites for hydroxylation is 1.